The third-order valence-corrected chi connectivity index (χ3v) is 3.47. The van der Waals surface area contributed by atoms with Gasteiger partial charge in [-0.15, -0.1) is 0 Å². The predicted octanol–water partition coefficient (Wildman–Crippen LogP) is 4.63. The van der Waals surface area contributed by atoms with E-state index in [9.17, 15) is 13.2 Å². The lowest BCUT2D eigenvalue weighted by Crippen LogP contribution is -2.07. The molecule has 1 saturated carbocycles. The van der Waals surface area contributed by atoms with E-state index in [1.807, 2.05) is 10.8 Å². The van der Waals surface area contributed by atoms with Gasteiger partial charge in [-0.3, -0.25) is 0 Å². The Bertz CT molecular complexity index is 632. The summed E-state index contributed by atoms with van der Waals surface area (Å²) in [5.41, 5.74) is -0.538. The van der Waals surface area contributed by atoms with Crippen LogP contribution in [0.3, 0.4) is 0 Å². The summed E-state index contributed by atoms with van der Waals surface area (Å²) in [4.78, 5) is 4.12. The number of anilines is 2. The molecule has 1 heterocycles. The molecule has 1 N–H and O–H groups in total. The highest BCUT2D eigenvalue weighted by atomic mass is 35.5. The van der Waals surface area contributed by atoms with Crippen LogP contribution in [0.4, 0.5) is 24.8 Å². The molecule has 3 rings (SSSR count). The zero-order valence-corrected chi connectivity index (χ0v) is 11.0. The van der Waals surface area contributed by atoms with Gasteiger partial charge in [0.05, 0.1) is 10.6 Å². The Balaban J connectivity index is 1.89. The van der Waals surface area contributed by atoms with Crippen LogP contribution in [0, 0.1) is 0 Å². The molecule has 1 aliphatic rings. The van der Waals surface area contributed by atoms with Crippen LogP contribution in [-0.4, -0.2) is 9.55 Å². The fourth-order valence-corrected chi connectivity index (χ4v) is 2.23. The van der Waals surface area contributed by atoms with Crippen molar-refractivity contribution in [1.82, 2.24) is 9.55 Å². The summed E-state index contributed by atoms with van der Waals surface area (Å²) in [6.45, 7) is 0. The summed E-state index contributed by atoms with van der Waals surface area (Å²) in [6, 6.07) is 4.13. The summed E-state index contributed by atoms with van der Waals surface area (Å²) in [5, 5.41) is 2.60. The number of imidazole rings is 1. The molecule has 1 aromatic carbocycles. The summed E-state index contributed by atoms with van der Waals surface area (Å²) >= 11 is 5.59. The molecule has 1 aromatic heterocycles. The summed E-state index contributed by atoms with van der Waals surface area (Å²) in [6.07, 6.45) is 1.11. The lowest BCUT2D eigenvalue weighted by molar-refractivity contribution is -0.137. The van der Waals surface area contributed by atoms with Gasteiger partial charge in [0.15, 0.2) is 0 Å². The molecular weight excluding hydrogens is 291 g/mol. The second kappa shape index (κ2) is 4.70. The van der Waals surface area contributed by atoms with E-state index in [1.54, 1.807) is 6.20 Å². The van der Waals surface area contributed by atoms with Gasteiger partial charge < -0.3 is 9.88 Å². The van der Waals surface area contributed by atoms with Gasteiger partial charge in [0.1, 0.15) is 0 Å². The molecular formula is C13H11ClF3N3. The standard InChI is InChI=1S/C13H11ClF3N3/c14-11-4-1-8(7-10(11)13(15,16)17)19-12-18-5-6-20(12)9-2-3-9/h1,4-7,9H,2-3H2,(H,18,19). The van der Waals surface area contributed by atoms with E-state index >= 15 is 0 Å². The molecule has 0 unspecified atom stereocenters. The molecule has 1 fully saturated rings. The molecule has 1 aliphatic carbocycles. The topological polar surface area (TPSA) is 29.9 Å². The van der Waals surface area contributed by atoms with Crippen molar-refractivity contribution in [3.8, 4) is 0 Å². The van der Waals surface area contributed by atoms with Crippen LogP contribution in [0.5, 0.6) is 0 Å². The fourth-order valence-electron chi connectivity index (χ4n) is 2.01. The van der Waals surface area contributed by atoms with Crippen molar-refractivity contribution in [2.75, 3.05) is 5.32 Å². The number of nitrogens with one attached hydrogen (secondary N) is 1. The third-order valence-electron chi connectivity index (χ3n) is 3.14. The Morgan fingerprint density at radius 3 is 2.70 bits per heavy atom. The number of halogens is 4. The zero-order chi connectivity index (χ0) is 14.3. The van der Waals surface area contributed by atoms with Crippen LogP contribution in [-0.2, 0) is 6.18 Å². The van der Waals surface area contributed by atoms with Gasteiger partial charge in [0, 0.05) is 24.1 Å². The van der Waals surface area contributed by atoms with Gasteiger partial charge >= 0.3 is 6.18 Å². The lowest BCUT2D eigenvalue weighted by atomic mass is 10.2. The summed E-state index contributed by atoms with van der Waals surface area (Å²) < 4.78 is 40.3. The number of benzene rings is 1. The van der Waals surface area contributed by atoms with Gasteiger partial charge in [-0.2, -0.15) is 13.2 Å². The minimum Gasteiger partial charge on any atom is -0.326 e. The second-order valence-electron chi connectivity index (χ2n) is 4.71. The van der Waals surface area contributed by atoms with E-state index in [0.717, 1.165) is 18.9 Å². The maximum absolute atomic E-state index is 12.8. The van der Waals surface area contributed by atoms with E-state index in [-0.39, 0.29) is 5.02 Å². The Labute approximate surface area is 118 Å². The van der Waals surface area contributed by atoms with Crippen LogP contribution in [0.15, 0.2) is 30.6 Å². The van der Waals surface area contributed by atoms with Crippen LogP contribution < -0.4 is 5.32 Å². The van der Waals surface area contributed by atoms with E-state index < -0.39 is 11.7 Å². The van der Waals surface area contributed by atoms with Crippen LogP contribution in [0.2, 0.25) is 5.02 Å². The molecule has 0 saturated heterocycles. The van der Waals surface area contributed by atoms with E-state index in [1.165, 1.54) is 12.1 Å². The number of hydrogen-bond donors (Lipinski definition) is 1. The Morgan fingerprint density at radius 2 is 2.05 bits per heavy atom. The SMILES string of the molecule is FC(F)(F)c1cc(Nc2nccn2C2CC2)ccc1Cl. The van der Waals surface area contributed by atoms with Crippen molar-refractivity contribution >= 4 is 23.2 Å². The Morgan fingerprint density at radius 1 is 1.30 bits per heavy atom. The van der Waals surface area contributed by atoms with Crippen LogP contribution in [0.1, 0.15) is 24.4 Å². The van der Waals surface area contributed by atoms with Crippen molar-refractivity contribution in [2.24, 2.45) is 0 Å². The summed E-state index contributed by atoms with van der Waals surface area (Å²) in [7, 11) is 0. The van der Waals surface area contributed by atoms with Crippen molar-refractivity contribution < 1.29 is 13.2 Å². The monoisotopic (exact) mass is 301 g/mol. The molecule has 0 aliphatic heterocycles. The van der Waals surface area contributed by atoms with Crippen LogP contribution >= 0.6 is 11.6 Å². The third kappa shape index (κ3) is 2.60. The molecule has 0 bridgehead atoms. The Hall–Kier alpha value is -1.69. The molecule has 20 heavy (non-hydrogen) atoms. The average molecular weight is 302 g/mol. The zero-order valence-electron chi connectivity index (χ0n) is 10.3. The van der Waals surface area contributed by atoms with Gasteiger partial charge in [-0.05, 0) is 31.0 Å². The van der Waals surface area contributed by atoms with Crippen molar-refractivity contribution in [3.63, 3.8) is 0 Å². The molecule has 2 aromatic rings. The van der Waals surface area contributed by atoms with Crippen LogP contribution in [0.25, 0.3) is 0 Å². The number of nitrogens with zero attached hydrogens (tertiary/aromatic N) is 2. The molecule has 0 atom stereocenters. The molecule has 0 amide bonds. The largest absolute Gasteiger partial charge is 0.417 e. The minimum absolute atomic E-state index is 0.311. The van der Waals surface area contributed by atoms with E-state index in [4.69, 9.17) is 11.6 Å². The first-order valence-corrected chi connectivity index (χ1v) is 6.49. The highest BCUT2D eigenvalue weighted by Gasteiger charge is 2.33. The molecule has 106 valence electrons. The van der Waals surface area contributed by atoms with Gasteiger partial charge in [0.2, 0.25) is 5.95 Å². The van der Waals surface area contributed by atoms with Crippen molar-refractivity contribution in [2.45, 2.75) is 25.1 Å². The first-order valence-electron chi connectivity index (χ1n) is 6.12. The minimum atomic E-state index is -4.47. The highest BCUT2D eigenvalue weighted by Crippen LogP contribution is 2.39. The molecule has 0 radical (unpaired) electrons. The maximum Gasteiger partial charge on any atom is 0.417 e. The number of alkyl halides is 3. The molecule has 3 nitrogen and oxygen atoms in total. The first-order chi connectivity index (χ1) is 9.45. The number of rotatable bonds is 3. The number of hydrogen-bond acceptors (Lipinski definition) is 2. The van der Waals surface area contributed by atoms with E-state index in [2.05, 4.69) is 10.3 Å². The smallest absolute Gasteiger partial charge is 0.326 e. The van der Waals surface area contributed by atoms with Gasteiger partial charge in [-0.25, -0.2) is 4.98 Å². The van der Waals surface area contributed by atoms with Crippen molar-refractivity contribution in [1.29, 1.82) is 0 Å². The molecule has 7 heteroatoms. The fraction of sp³-hybridized carbons (Fsp3) is 0.308. The van der Waals surface area contributed by atoms with Gasteiger partial charge in [-0.1, -0.05) is 11.6 Å². The normalized spacial score (nSPS) is 15.4. The predicted molar refractivity (Wildman–Crippen MR) is 70.2 cm³/mol. The Kier molecular flexibility index (Phi) is 3.12. The highest BCUT2D eigenvalue weighted by molar-refractivity contribution is 6.31. The van der Waals surface area contributed by atoms with E-state index in [0.29, 0.717) is 17.7 Å². The van der Waals surface area contributed by atoms with Gasteiger partial charge in [0.25, 0.3) is 0 Å². The first kappa shape index (κ1) is 13.3. The summed E-state index contributed by atoms with van der Waals surface area (Å²) in [5.74, 6) is 0.544. The van der Waals surface area contributed by atoms with Crippen molar-refractivity contribution in [3.05, 3.63) is 41.2 Å². The second-order valence-corrected chi connectivity index (χ2v) is 5.11. The number of aromatic nitrogens is 2. The molecule has 0 spiro atoms. The lowest BCUT2D eigenvalue weighted by Gasteiger charge is -2.13. The average Bonchev–Trinajstić information content (AvgIpc) is 3.11. The maximum atomic E-state index is 12.8. The quantitative estimate of drug-likeness (QED) is 0.895.